The molecule has 1 amide bonds. The summed E-state index contributed by atoms with van der Waals surface area (Å²) in [5.74, 6) is 0.206. The van der Waals surface area contributed by atoms with Crippen LogP contribution >= 0.6 is 0 Å². The minimum absolute atomic E-state index is 0.151. The predicted octanol–water partition coefficient (Wildman–Crippen LogP) is 3.23. The van der Waals surface area contributed by atoms with E-state index in [1.807, 2.05) is 38.1 Å². The summed E-state index contributed by atoms with van der Waals surface area (Å²) in [6, 6.07) is 9.12. The van der Waals surface area contributed by atoms with Crippen LogP contribution < -0.4 is 10.5 Å². The van der Waals surface area contributed by atoms with Crippen LogP contribution in [0.3, 0.4) is 0 Å². The maximum Gasteiger partial charge on any atom is 0.336 e. The molecular formula is C17H19NO3. The van der Waals surface area contributed by atoms with Crippen molar-refractivity contribution in [2.75, 3.05) is 11.4 Å². The van der Waals surface area contributed by atoms with Gasteiger partial charge in [0.1, 0.15) is 5.76 Å². The van der Waals surface area contributed by atoms with Crippen LogP contribution in [0.15, 0.2) is 39.5 Å². The number of amides is 1. The molecule has 0 radical (unpaired) electrons. The van der Waals surface area contributed by atoms with E-state index in [1.165, 1.54) is 6.07 Å². The normalized spacial score (nSPS) is 10.5. The molecular weight excluding hydrogens is 266 g/mol. The van der Waals surface area contributed by atoms with E-state index in [0.717, 1.165) is 11.3 Å². The molecule has 4 heteroatoms. The van der Waals surface area contributed by atoms with Crippen molar-refractivity contribution in [1.82, 2.24) is 0 Å². The zero-order chi connectivity index (χ0) is 15.6. The molecule has 0 fully saturated rings. The standard InChI is InChI=1S/C17H19NO3/c1-5-18(14-8-6-7-11(2)9-14)17(20)16-12(3)10-15(19)21-13(16)4/h6-10H,5H2,1-4H3. The molecule has 0 aliphatic heterocycles. The van der Waals surface area contributed by atoms with Crippen LogP contribution in [0.4, 0.5) is 5.69 Å². The second-order valence-corrected chi connectivity index (χ2v) is 5.07. The van der Waals surface area contributed by atoms with E-state index >= 15 is 0 Å². The van der Waals surface area contributed by atoms with Gasteiger partial charge in [-0.05, 0) is 51.0 Å². The molecule has 0 aliphatic rings. The molecule has 1 aromatic heterocycles. The Morgan fingerprint density at radius 1 is 1.19 bits per heavy atom. The van der Waals surface area contributed by atoms with Gasteiger partial charge in [0, 0.05) is 18.3 Å². The Hall–Kier alpha value is -2.36. The average Bonchev–Trinajstić information content (AvgIpc) is 2.38. The van der Waals surface area contributed by atoms with Crippen LogP contribution in [0.5, 0.6) is 0 Å². The highest BCUT2D eigenvalue weighted by atomic mass is 16.4. The predicted molar refractivity (Wildman–Crippen MR) is 83.0 cm³/mol. The van der Waals surface area contributed by atoms with E-state index in [1.54, 1.807) is 18.7 Å². The molecule has 1 heterocycles. The number of carbonyl (C=O) groups excluding carboxylic acids is 1. The molecule has 21 heavy (non-hydrogen) atoms. The summed E-state index contributed by atoms with van der Waals surface area (Å²) in [5.41, 5.74) is 2.59. The summed E-state index contributed by atoms with van der Waals surface area (Å²) in [5, 5.41) is 0. The SMILES string of the molecule is CCN(C(=O)c1c(C)cc(=O)oc1C)c1cccc(C)c1. The third kappa shape index (κ3) is 3.05. The highest BCUT2D eigenvalue weighted by Gasteiger charge is 2.21. The molecule has 0 N–H and O–H groups in total. The first kappa shape index (κ1) is 15.0. The van der Waals surface area contributed by atoms with Crippen molar-refractivity contribution in [3.63, 3.8) is 0 Å². The Labute approximate surface area is 124 Å². The lowest BCUT2D eigenvalue weighted by atomic mass is 10.1. The van der Waals surface area contributed by atoms with Gasteiger partial charge in [0.05, 0.1) is 5.56 Å². The zero-order valence-electron chi connectivity index (χ0n) is 12.8. The lowest BCUT2D eigenvalue weighted by Crippen LogP contribution is -2.32. The quantitative estimate of drug-likeness (QED) is 0.870. The summed E-state index contributed by atoms with van der Waals surface area (Å²) in [7, 11) is 0. The fourth-order valence-electron chi connectivity index (χ4n) is 2.45. The zero-order valence-corrected chi connectivity index (χ0v) is 12.8. The van der Waals surface area contributed by atoms with E-state index in [-0.39, 0.29) is 5.91 Å². The molecule has 2 rings (SSSR count). The van der Waals surface area contributed by atoms with Gasteiger partial charge in [-0.3, -0.25) is 4.79 Å². The maximum atomic E-state index is 12.8. The number of hydrogen-bond acceptors (Lipinski definition) is 3. The number of carbonyl (C=O) groups is 1. The van der Waals surface area contributed by atoms with Crippen LogP contribution in [-0.4, -0.2) is 12.5 Å². The molecule has 1 aromatic carbocycles. The van der Waals surface area contributed by atoms with Crippen molar-refractivity contribution < 1.29 is 9.21 Å². The molecule has 4 nitrogen and oxygen atoms in total. The molecule has 2 aromatic rings. The number of benzene rings is 1. The van der Waals surface area contributed by atoms with E-state index < -0.39 is 5.63 Å². The van der Waals surface area contributed by atoms with Crippen molar-refractivity contribution in [2.24, 2.45) is 0 Å². The molecule has 0 unspecified atom stereocenters. The Balaban J connectivity index is 2.49. The molecule has 0 bridgehead atoms. The number of nitrogens with zero attached hydrogens (tertiary/aromatic N) is 1. The molecule has 0 atom stereocenters. The van der Waals surface area contributed by atoms with E-state index in [4.69, 9.17) is 4.42 Å². The van der Waals surface area contributed by atoms with Gasteiger partial charge in [0.15, 0.2) is 0 Å². The lowest BCUT2D eigenvalue weighted by molar-refractivity contribution is 0.0984. The number of rotatable bonds is 3. The summed E-state index contributed by atoms with van der Waals surface area (Å²) in [6.07, 6.45) is 0. The minimum atomic E-state index is -0.430. The van der Waals surface area contributed by atoms with Gasteiger partial charge < -0.3 is 9.32 Å². The highest BCUT2D eigenvalue weighted by Crippen LogP contribution is 2.21. The summed E-state index contributed by atoms with van der Waals surface area (Å²) in [6.45, 7) is 7.84. The van der Waals surface area contributed by atoms with E-state index in [0.29, 0.717) is 23.4 Å². The monoisotopic (exact) mass is 285 g/mol. The van der Waals surface area contributed by atoms with Crippen LogP contribution in [0.2, 0.25) is 0 Å². The van der Waals surface area contributed by atoms with Crippen LogP contribution in [0.25, 0.3) is 0 Å². The van der Waals surface area contributed by atoms with Gasteiger partial charge in [0.2, 0.25) is 0 Å². The van der Waals surface area contributed by atoms with Gasteiger partial charge in [-0.1, -0.05) is 12.1 Å². The minimum Gasteiger partial charge on any atom is -0.427 e. The van der Waals surface area contributed by atoms with Gasteiger partial charge in [-0.15, -0.1) is 0 Å². The number of aryl methyl sites for hydroxylation is 3. The van der Waals surface area contributed by atoms with Gasteiger partial charge >= 0.3 is 5.63 Å². The van der Waals surface area contributed by atoms with Crippen LogP contribution in [-0.2, 0) is 0 Å². The van der Waals surface area contributed by atoms with Gasteiger partial charge in [0.25, 0.3) is 5.91 Å². The van der Waals surface area contributed by atoms with Crippen LogP contribution in [0, 0.1) is 20.8 Å². The van der Waals surface area contributed by atoms with Crippen molar-refractivity contribution in [3.8, 4) is 0 Å². The Kier molecular flexibility index (Phi) is 4.26. The summed E-state index contributed by atoms with van der Waals surface area (Å²) < 4.78 is 5.06. The van der Waals surface area contributed by atoms with Crippen molar-refractivity contribution in [2.45, 2.75) is 27.7 Å². The first-order valence-electron chi connectivity index (χ1n) is 6.94. The maximum absolute atomic E-state index is 12.8. The second kappa shape index (κ2) is 5.95. The average molecular weight is 285 g/mol. The molecule has 0 saturated heterocycles. The molecule has 110 valence electrons. The summed E-state index contributed by atoms with van der Waals surface area (Å²) >= 11 is 0. The lowest BCUT2D eigenvalue weighted by Gasteiger charge is -2.22. The van der Waals surface area contributed by atoms with Crippen molar-refractivity contribution in [1.29, 1.82) is 0 Å². The fraction of sp³-hybridized carbons (Fsp3) is 0.294. The van der Waals surface area contributed by atoms with E-state index in [2.05, 4.69) is 0 Å². The fourth-order valence-corrected chi connectivity index (χ4v) is 2.45. The molecule has 0 spiro atoms. The smallest absolute Gasteiger partial charge is 0.336 e. The number of hydrogen-bond donors (Lipinski definition) is 0. The topological polar surface area (TPSA) is 50.5 Å². The van der Waals surface area contributed by atoms with Crippen molar-refractivity contribution >= 4 is 11.6 Å². The first-order chi connectivity index (χ1) is 9.93. The van der Waals surface area contributed by atoms with Crippen molar-refractivity contribution in [3.05, 3.63) is 63.2 Å². The Bertz CT molecular complexity index is 705. The largest absolute Gasteiger partial charge is 0.427 e. The Morgan fingerprint density at radius 2 is 1.90 bits per heavy atom. The summed E-state index contributed by atoms with van der Waals surface area (Å²) in [4.78, 5) is 25.8. The number of anilines is 1. The molecule has 0 aliphatic carbocycles. The van der Waals surface area contributed by atoms with Gasteiger partial charge in [-0.25, -0.2) is 4.79 Å². The molecule has 0 saturated carbocycles. The van der Waals surface area contributed by atoms with E-state index in [9.17, 15) is 9.59 Å². The van der Waals surface area contributed by atoms with Crippen LogP contribution in [0.1, 0.15) is 34.2 Å². The highest BCUT2D eigenvalue weighted by molar-refractivity contribution is 6.07. The Morgan fingerprint density at radius 3 is 2.48 bits per heavy atom. The second-order valence-electron chi connectivity index (χ2n) is 5.07. The third-order valence-electron chi connectivity index (χ3n) is 3.42. The third-order valence-corrected chi connectivity index (χ3v) is 3.42. The first-order valence-corrected chi connectivity index (χ1v) is 6.94. The van der Waals surface area contributed by atoms with Gasteiger partial charge in [-0.2, -0.15) is 0 Å².